The average molecular weight is 669 g/mol. The van der Waals surface area contributed by atoms with E-state index in [1.807, 2.05) is 43.3 Å². The second-order valence-electron chi connectivity index (χ2n) is 9.99. The van der Waals surface area contributed by atoms with Gasteiger partial charge in [0.15, 0.2) is 0 Å². The number of halogens is 4. The van der Waals surface area contributed by atoms with Crippen molar-refractivity contribution in [2.45, 2.75) is 37.5 Å². The van der Waals surface area contributed by atoms with Crippen molar-refractivity contribution in [3.05, 3.63) is 99.7 Å². The zero-order chi connectivity index (χ0) is 30.8. The van der Waals surface area contributed by atoms with Gasteiger partial charge in [-0.15, -0.1) is 0 Å². The van der Waals surface area contributed by atoms with Gasteiger partial charge in [0, 0.05) is 41.6 Å². The molecule has 4 aromatic rings. The van der Waals surface area contributed by atoms with E-state index in [2.05, 4.69) is 21.2 Å². The van der Waals surface area contributed by atoms with E-state index in [-0.39, 0.29) is 28.3 Å². The van der Waals surface area contributed by atoms with Gasteiger partial charge in [0.2, 0.25) is 0 Å². The zero-order valence-electron chi connectivity index (χ0n) is 22.6. The second kappa shape index (κ2) is 12.5. The van der Waals surface area contributed by atoms with Crippen molar-refractivity contribution in [2.75, 3.05) is 17.9 Å². The van der Waals surface area contributed by atoms with Crippen molar-refractivity contribution < 1.29 is 36.6 Å². The maximum Gasteiger partial charge on any atom is 0.516 e. The van der Waals surface area contributed by atoms with Crippen LogP contribution in [0.1, 0.15) is 40.2 Å². The van der Waals surface area contributed by atoms with E-state index in [1.54, 1.807) is 12.1 Å². The lowest BCUT2D eigenvalue weighted by atomic mass is 10.0. The molecule has 3 N–H and O–H groups in total. The van der Waals surface area contributed by atoms with Gasteiger partial charge in [0.25, 0.3) is 0 Å². The first kappa shape index (κ1) is 31.5. The van der Waals surface area contributed by atoms with E-state index in [0.29, 0.717) is 29.4 Å². The number of aromatic carboxylic acids is 1. The number of sulfonamides is 1. The smallest absolute Gasteiger partial charge is 0.477 e. The minimum atomic E-state index is -5.59. The Balaban J connectivity index is 1.52. The molecule has 0 saturated carbocycles. The fourth-order valence-electron chi connectivity index (χ4n) is 4.69. The van der Waals surface area contributed by atoms with Gasteiger partial charge >= 0.3 is 21.5 Å². The van der Waals surface area contributed by atoms with Crippen LogP contribution in [0.15, 0.2) is 77.3 Å². The summed E-state index contributed by atoms with van der Waals surface area (Å²) >= 11 is 3.40. The molecule has 0 radical (unpaired) electrons. The highest BCUT2D eigenvalue weighted by Gasteiger charge is 2.49. The van der Waals surface area contributed by atoms with Gasteiger partial charge in [0.05, 0.1) is 11.8 Å². The van der Waals surface area contributed by atoms with E-state index < -0.39 is 27.6 Å². The quantitative estimate of drug-likeness (QED) is 0.190. The van der Waals surface area contributed by atoms with Crippen molar-refractivity contribution in [3.63, 3.8) is 0 Å². The van der Waals surface area contributed by atoms with Gasteiger partial charge in [-0.1, -0.05) is 46.3 Å². The molecule has 3 aromatic carbocycles. The van der Waals surface area contributed by atoms with Crippen LogP contribution in [0.25, 0.3) is 10.9 Å². The number of hydrogen-bond acceptors (Lipinski definition) is 5. The molecule has 0 bridgehead atoms. The number of nitrogens with zero attached hydrogens (tertiary/aromatic N) is 2. The normalized spacial score (nSPS) is 13.7. The molecular weight excluding hydrogens is 639 g/mol. The SMILES string of the molecule is CC(Cc1ccc2c(c1)cc(C(=O)O)n2Cc1cccc(N(C)S(=O)(=O)C(F)(F)F)c1)NCC(O)c1cccc(Br)c1. The molecule has 0 fully saturated rings. The third kappa shape index (κ3) is 6.97. The summed E-state index contributed by atoms with van der Waals surface area (Å²) < 4.78 is 65.4. The van der Waals surface area contributed by atoms with Crippen LogP contribution < -0.4 is 9.62 Å². The van der Waals surface area contributed by atoms with Crippen molar-refractivity contribution >= 4 is 48.5 Å². The molecule has 13 heteroatoms. The number of hydrogen-bond donors (Lipinski definition) is 3. The minimum Gasteiger partial charge on any atom is -0.477 e. The van der Waals surface area contributed by atoms with Crippen LogP contribution in [0.5, 0.6) is 0 Å². The number of carbonyl (C=O) groups is 1. The summed E-state index contributed by atoms with van der Waals surface area (Å²) in [4.78, 5) is 12.1. The number of benzene rings is 3. The number of carboxylic acids is 1. The Morgan fingerprint density at radius 1 is 1.05 bits per heavy atom. The summed E-state index contributed by atoms with van der Waals surface area (Å²) in [6, 6.07) is 20.0. The van der Waals surface area contributed by atoms with Crippen molar-refractivity contribution in [1.82, 2.24) is 9.88 Å². The van der Waals surface area contributed by atoms with Crippen molar-refractivity contribution in [3.8, 4) is 0 Å². The molecule has 4 rings (SSSR count). The predicted molar refractivity (Wildman–Crippen MR) is 158 cm³/mol. The Labute approximate surface area is 249 Å². The Morgan fingerprint density at radius 2 is 1.76 bits per heavy atom. The first-order valence-corrected chi connectivity index (χ1v) is 15.1. The maximum atomic E-state index is 13.0. The number of aromatic nitrogens is 1. The summed E-state index contributed by atoms with van der Waals surface area (Å²) in [6.45, 7) is 2.32. The number of aliphatic hydroxyl groups excluding tert-OH is 1. The number of nitrogens with one attached hydrogen (secondary N) is 1. The lowest BCUT2D eigenvalue weighted by molar-refractivity contribution is -0.0437. The molecule has 0 amide bonds. The van der Waals surface area contributed by atoms with E-state index >= 15 is 0 Å². The van der Waals surface area contributed by atoms with E-state index in [4.69, 9.17) is 0 Å². The highest BCUT2D eigenvalue weighted by Crippen LogP contribution is 2.31. The molecule has 42 heavy (non-hydrogen) atoms. The number of rotatable bonds is 11. The maximum absolute atomic E-state index is 13.0. The fourth-order valence-corrected chi connectivity index (χ4v) is 5.81. The molecule has 0 saturated heterocycles. The Morgan fingerprint density at radius 3 is 2.43 bits per heavy atom. The van der Waals surface area contributed by atoms with Gasteiger partial charge in [-0.05, 0) is 72.5 Å². The molecule has 1 heterocycles. The van der Waals surface area contributed by atoms with Gasteiger partial charge in [-0.3, -0.25) is 4.31 Å². The zero-order valence-corrected chi connectivity index (χ0v) is 25.0. The van der Waals surface area contributed by atoms with Crippen LogP contribution >= 0.6 is 15.9 Å². The van der Waals surface area contributed by atoms with Crippen LogP contribution in [0.4, 0.5) is 18.9 Å². The van der Waals surface area contributed by atoms with Crippen LogP contribution in [0.2, 0.25) is 0 Å². The van der Waals surface area contributed by atoms with Crippen molar-refractivity contribution in [1.29, 1.82) is 0 Å². The lowest BCUT2D eigenvalue weighted by Gasteiger charge is -2.21. The van der Waals surface area contributed by atoms with Crippen LogP contribution in [0.3, 0.4) is 0 Å². The highest BCUT2D eigenvalue weighted by atomic mass is 79.9. The molecule has 0 spiro atoms. The Hall–Kier alpha value is -3.39. The molecule has 0 aliphatic heterocycles. The second-order valence-corrected chi connectivity index (χ2v) is 12.9. The van der Waals surface area contributed by atoms with Crippen LogP contribution in [0, 0.1) is 0 Å². The summed E-state index contributed by atoms with van der Waals surface area (Å²) in [6.07, 6.45) is -0.0805. The van der Waals surface area contributed by atoms with Crippen LogP contribution in [-0.2, 0) is 23.0 Å². The van der Waals surface area contributed by atoms with E-state index in [9.17, 15) is 36.6 Å². The monoisotopic (exact) mass is 667 g/mol. The molecule has 2 atom stereocenters. The first-order valence-electron chi connectivity index (χ1n) is 12.8. The van der Waals surface area contributed by atoms with Crippen LogP contribution in [-0.4, -0.2) is 54.3 Å². The molecule has 0 aliphatic rings. The molecule has 0 aliphatic carbocycles. The number of fused-ring (bicyclic) bond motifs is 1. The summed E-state index contributed by atoms with van der Waals surface area (Å²) in [5.41, 5.74) is -2.94. The number of carboxylic acid groups (broad SMARTS) is 1. The van der Waals surface area contributed by atoms with Crippen molar-refractivity contribution in [2.24, 2.45) is 0 Å². The highest BCUT2D eigenvalue weighted by molar-refractivity contribution is 9.10. The Bertz CT molecular complexity index is 1710. The van der Waals surface area contributed by atoms with E-state index in [1.165, 1.54) is 28.8 Å². The molecule has 1 aromatic heterocycles. The summed E-state index contributed by atoms with van der Waals surface area (Å²) in [7, 11) is -4.78. The molecule has 8 nitrogen and oxygen atoms in total. The third-order valence-corrected chi connectivity index (χ3v) is 8.90. The first-order chi connectivity index (χ1) is 19.7. The van der Waals surface area contributed by atoms with Gasteiger partial charge in [-0.25, -0.2) is 4.79 Å². The average Bonchev–Trinajstić information content (AvgIpc) is 3.28. The third-order valence-electron chi connectivity index (χ3n) is 6.89. The molecule has 2 unspecified atom stereocenters. The van der Waals surface area contributed by atoms with Gasteiger partial charge in [-0.2, -0.15) is 21.6 Å². The summed E-state index contributed by atoms with van der Waals surface area (Å²) in [5, 5.41) is 24.4. The standard InChI is InChI=1S/C29H29BrF3N3O5S/c1-18(34-16-27(37)21-6-4-7-23(30)14-21)11-19-9-10-25-22(12-19)15-26(28(38)39)36(25)17-20-5-3-8-24(13-20)35(2)42(40,41)29(31,32)33/h3-10,12-15,18,27,34,37H,11,16-17H2,1-2H3,(H,38,39). The molecular formula is C29H29BrF3N3O5S. The van der Waals surface area contributed by atoms with Gasteiger partial charge < -0.3 is 20.1 Å². The summed E-state index contributed by atoms with van der Waals surface area (Å²) in [5.74, 6) is -1.18. The topological polar surface area (TPSA) is 112 Å². The van der Waals surface area contributed by atoms with Gasteiger partial charge in [0.1, 0.15) is 5.69 Å². The Kier molecular flexibility index (Phi) is 9.36. The molecule has 224 valence electrons. The largest absolute Gasteiger partial charge is 0.516 e. The predicted octanol–water partition coefficient (Wildman–Crippen LogP) is 5.69. The lowest BCUT2D eigenvalue weighted by Crippen LogP contribution is -2.38. The minimum absolute atomic E-state index is 0.00186. The van der Waals surface area contributed by atoms with E-state index in [0.717, 1.165) is 22.6 Å². The number of anilines is 1. The number of aliphatic hydroxyl groups is 1. The number of alkyl halides is 3. The fraction of sp³-hybridized carbons (Fsp3) is 0.276.